The summed E-state index contributed by atoms with van der Waals surface area (Å²) in [4.78, 5) is 21.6. The summed E-state index contributed by atoms with van der Waals surface area (Å²) in [6.45, 7) is 2.51. The highest BCUT2D eigenvalue weighted by Crippen LogP contribution is 2.34. The van der Waals surface area contributed by atoms with Gasteiger partial charge in [-0.2, -0.15) is 17.0 Å². The molecular formula is C20H27N5O3S. The molecule has 2 heterocycles. The molecule has 0 spiro atoms. The molecule has 0 unspecified atom stereocenters. The van der Waals surface area contributed by atoms with E-state index in [-0.39, 0.29) is 5.91 Å². The van der Waals surface area contributed by atoms with Gasteiger partial charge in [0.25, 0.3) is 16.1 Å². The van der Waals surface area contributed by atoms with Crippen LogP contribution in [-0.4, -0.2) is 53.5 Å². The minimum absolute atomic E-state index is 0.309. The number of hydrogen-bond donors (Lipinski definition) is 1. The maximum absolute atomic E-state index is 12.9. The molecule has 156 valence electrons. The smallest absolute Gasteiger partial charge is 0.282 e. The summed E-state index contributed by atoms with van der Waals surface area (Å²) in [5.41, 5.74) is 1.76. The van der Waals surface area contributed by atoms with Crippen molar-refractivity contribution in [3.63, 3.8) is 0 Å². The average Bonchev–Trinajstić information content (AvgIpc) is 2.72. The summed E-state index contributed by atoms with van der Waals surface area (Å²) in [5.74, 6) is 0.198. The van der Waals surface area contributed by atoms with Gasteiger partial charge in [-0.25, -0.2) is 9.97 Å². The Balaban J connectivity index is 1.92. The third-order valence-electron chi connectivity index (χ3n) is 5.01. The maximum Gasteiger partial charge on any atom is 0.282 e. The van der Waals surface area contributed by atoms with Gasteiger partial charge in [0.2, 0.25) is 0 Å². The van der Waals surface area contributed by atoms with Crippen molar-refractivity contribution in [3.8, 4) is 0 Å². The summed E-state index contributed by atoms with van der Waals surface area (Å²) in [6.07, 6.45) is 3.76. The van der Waals surface area contributed by atoms with E-state index in [1.165, 1.54) is 28.9 Å². The zero-order valence-corrected chi connectivity index (χ0v) is 17.8. The van der Waals surface area contributed by atoms with E-state index in [0.29, 0.717) is 36.6 Å². The quantitative estimate of drug-likeness (QED) is 0.776. The second-order valence-electron chi connectivity index (χ2n) is 7.30. The predicted octanol–water partition coefficient (Wildman–Crippen LogP) is 2.05. The number of hydrogen-bond acceptors (Lipinski definition) is 5. The van der Waals surface area contributed by atoms with Gasteiger partial charge in [0.05, 0.1) is 17.3 Å². The molecule has 1 atom stereocenters. The summed E-state index contributed by atoms with van der Waals surface area (Å²) in [6, 6.07) is 9.11. The van der Waals surface area contributed by atoms with Crippen LogP contribution in [0.3, 0.4) is 0 Å². The molecule has 1 aromatic heterocycles. The van der Waals surface area contributed by atoms with Crippen molar-refractivity contribution in [1.82, 2.24) is 23.9 Å². The van der Waals surface area contributed by atoms with Crippen LogP contribution in [0.5, 0.6) is 0 Å². The van der Waals surface area contributed by atoms with E-state index in [9.17, 15) is 13.2 Å². The third kappa shape index (κ3) is 4.80. The van der Waals surface area contributed by atoms with Crippen LogP contribution in [0.25, 0.3) is 0 Å². The number of rotatable bonds is 6. The van der Waals surface area contributed by atoms with E-state index < -0.39 is 16.3 Å². The molecule has 1 fully saturated rings. The number of aromatic nitrogens is 2. The molecule has 3 rings (SSSR count). The van der Waals surface area contributed by atoms with Crippen LogP contribution in [0.2, 0.25) is 0 Å². The summed E-state index contributed by atoms with van der Waals surface area (Å²) >= 11 is 0. The van der Waals surface area contributed by atoms with Crippen molar-refractivity contribution in [3.05, 3.63) is 59.2 Å². The molecule has 1 aliphatic rings. The van der Waals surface area contributed by atoms with Crippen LogP contribution in [0.1, 0.15) is 52.7 Å². The van der Waals surface area contributed by atoms with Gasteiger partial charge in [-0.15, -0.1) is 0 Å². The van der Waals surface area contributed by atoms with Gasteiger partial charge in [0, 0.05) is 33.4 Å². The maximum atomic E-state index is 12.9. The number of piperidine rings is 1. The molecule has 1 aromatic carbocycles. The largest absolute Gasteiger partial charge is 0.348 e. The van der Waals surface area contributed by atoms with Crippen molar-refractivity contribution in [1.29, 1.82) is 0 Å². The minimum atomic E-state index is -3.63. The van der Waals surface area contributed by atoms with E-state index in [1.54, 1.807) is 6.92 Å². The molecule has 8 nitrogen and oxygen atoms in total. The Kier molecular flexibility index (Phi) is 6.61. The first kappa shape index (κ1) is 21.4. The Labute approximate surface area is 172 Å². The Morgan fingerprint density at radius 2 is 1.97 bits per heavy atom. The molecule has 1 aliphatic heterocycles. The van der Waals surface area contributed by atoms with Crippen LogP contribution in [0.4, 0.5) is 0 Å². The fraction of sp³-hybridized carbons (Fsp3) is 0.450. The number of carbonyl (C=O) groups is 1. The van der Waals surface area contributed by atoms with E-state index in [4.69, 9.17) is 0 Å². The number of carbonyl (C=O) groups excluding carboxylic acids is 1. The topological polar surface area (TPSA) is 95.5 Å². The van der Waals surface area contributed by atoms with Gasteiger partial charge in [-0.05, 0) is 25.3 Å². The summed E-state index contributed by atoms with van der Waals surface area (Å²) < 4.78 is 28.4. The van der Waals surface area contributed by atoms with Crippen LogP contribution in [0.15, 0.2) is 36.5 Å². The van der Waals surface area contributed by atoms with Gasteiger partial charge in [0.1, 0.15) is 5.82 Å². The molecule has 0 aliphatic carbocycles. The molecule has 2 aromatic rings. The van der Waals surface area contributed by atoms with Crippen LogP contribution >= 0.6 is 0 Å². The van der Waals surface area contributed by atoms with Gasteiger partial charge < -0.3 is 5.32 Å². The number of nitrogens with one attached hydrogen (secondary N) is 1. The van der Waals surface area contributed by atoms with Gasteiger partial charge >= 0.3 is 0 Å². The van der Waals surface area contributed by atoms with E-state index in [0.717, 1.165) is 18.4 Å². The first-order chi connectivity index (χ1) is 13.8. The average molecular weight is 418 g/mol. The molecule has 1 amide bonds. The number of aryl methyl sites for hydroxylation is 1. The lowest BCUT2D eigenvalue weighted by molar-refractivity contribution is 0.0946. The standard InChI is InChI=1S/C20H27N5O3S/c1-15-21-14-17(20(26)22-13-16-9-5-4-6-10-16)19(23-15)18-11-7-8-12-25(18)29(27,28)24(2)3/h4-6,9-10,14,18H,7-8,11-13H2,1-3H3,(H,22,26)/t18-/m0/s1. The SMILES string of the molecule is Cc1ncc(C(=O)NCc2ccccc2)c([C@@H]2CCCCN2S(=O)(=O)N(C)C)n1. The Bertz CT molecular complexity index is 963. The Hall–Kier alpha value is -2.36. The lowest BCUT2D eigenvalue weighted by atomic mass is 9.98. The Morgan fingerprint density at radius 1 is 1.24 bits per heavy atom. The van der Waals surface area contributed by atoms with Gasteiger partial charge in [0.15, 0.2) is 0 Å². The number of benzene rings is 1. The normalized spacial score (nSPS) is 18.0. The summed E-state index contributed by atoms with van der Waals surface area (Å²) in [5, 5.41) is 2.89. The second kappa shape index (κ2) is 8.98. The van der Waals surface area contributed by atoms with Crippen molar-refractivity contribution >= 4 is 16.1 Å². The van der Waals surface area contributed by atoms with Crippen LogP contribution < -0.4 is 5.32 Å². The zero-order chi connectivity index (χ0) is 21.0. The van der Waals surface area contributed by atoms with Crippen molar-refractivity contribution in [2.75, 3.05) is 20.6 Å². The molecule has 0 radical (unpaired) electrons. The highest BCUT2D eigenvalue weighted by Gasteiger charge is 2.37. The van der Waals surface area contributed by atoms with Crippen molar-refractivity contribution in [2.45, 2.75) is 38.8 Å². The van der Waals surface area contributed by atoms with Gasteiger partial charge in [-0.3, -0.25) is 4.79 Å². The van der Waals surface area contributed by atoms with E-state index >= 15 is 0 Å². The first-order valence-electron chi connectivity index (χ1n) is 9.65. The van der Waals surface area contributed by atoms with E-state index in [1.807, 2.05) is 30.3 Å². The second-order valence-corrected chi connectivity index (χ2v) is 9.39. The molecule has 1 N–H and O–H groups in total. The molecular weight excluding hydrogens is 390 g/mol. The lowest BCUT2D eigenvalue weighted by Crippen LogP contribution is -2.45. The fourth-order valence-corrected chi connectivity index (χ4v) is 4.76. The van der Waals surface area contributed by atoms with Crippen molar-refractivity contribution in [2.24, 2.45) is 0 Å². The highest BCUT2D eigenvalue weighted by molar-refractivity contribution is 7.86. The predicted molar refractivity (Wildman–Crippen MR) is 110 cm³/mol. The number of nitrogens with zero attached hydrogens (tertiary/aromatic N) is 4. The monoisotopic (exact) mass is 417 g/mol. The molecule has 0 saturated carbocycles. The fourth-order valence-electron chi connectivity index (χ4n) is 3.45. The zero-order valence-electron chi connectivity index (χ0n) is 17.0. The lowest BCUT2D eigenvalue weighted by Gasteiger charge is -2.36. The summed E-state index contributed by atoms with van der Waals surface area (Å²) in [7, 11) is -0.606. The van der Waals surface area contributed by atoms with E-state index in [2.05, 4.69) is 15.3 Å². The third-order valence-corrected chi connectivity index (χ3v) is 6.96. The first-order valence-corrected chi connectivity index (χ1v) is 11.1. The van der Waals surface area contributed by atoms with Gasteiger partial charge in [-0.1, -0.05) is 36.8 Å². The van der Waals surface area contributed by atoms with Crippen molar-refractivity contribution < 1.29 is 13.2 Å². The number of amides is 1. The molecule has 1 saturated heterocycles. The highest BCUT2D eigenvalue weighted by atomic mass is 32.2. The molecule has 29 heavy (non-hydrogen) atoms. The Morgan fingerprint density at radius 3 is 2.66 bits per heavy atom. The van der Waals surface area contributed by atoms with Crippen LogP contribution in [0, 0.1) is 6.92 Å². The molecule has 0 bridgehead atoms. The van der Waals surface area contributed by atoms with Crippen LogP contribution in [-0.2, 0) is 16.8 Å². The minimum Gasteiger partial charge on any atom is -0.348 e. The molecule has 9 heteroatoms.